The van der Waals surface area contributed by atoms with Crippen molar-refractivity contribution in [3.05, 3.63) is 0 Å². The summed E-state index contributed by atoms with van der Waals surface area (Å²) in [6, 6.07) is 0. The first-order valence-corrected chi connectivity index (χ1v) is 2.85. The molecule has 0 heterocycles. The Morgan fingerprint density at radius 2 is 2.00 bits per heavy atom. The molecule has 1 nitrogen and oxygen atoms in total. The fraction of sp³-hybridized carbons (Fsp3) is 1.00. The summed E-state index contributed by atoms with van der Waals surface area (Å²) in [6.07, 6.45) is -0.678. The highest BCUT2D eigenvalue weighted by molar-refractivity contribution is 4.73. The summed E-state index contributed by atoms with van der Waals surface area (Å²) in [5.74, 6) is 0. The van der Waals surface area contributed by atoms with Gasteiger partial charge in [-0.2, -0.15) is 0 Å². The lowest BCUT2D eigenvalue weighted by Gasteiger charge is -2.21. The van der Waals surface area contributed by atoms with Crippen LogP contribution >= 0.6 is 0 Å². The smallest absolute Gasteiger partial charge is 0.188 e. The second-order valence-corrected chi connectivity index (χ2v) is 2.48. The predicted octanol–water partition coefficient (Wildman–Crippen LogP) is 2.07. The van der Waals surface area contributed by atoms with E-state index in [1.54, 1.807) is 0 Å². The molecule has 9 heavy (non-hydrogen) atoms. The van der Waals surface area contributed by atoms with Gasteiger partial charge in [0, 0.05) is 0 Å². The standard InChI is InChI=1S/C6H12F2O/c1-5(9-4-7)6(2,3)8/h5H,4H2,1-3H3. The second-order valence-electron chi connectivity index (χ2n) is 2.48. The van der Waals surface area contributed by atoms with Gasteiger partial charge in [-0.25, -0.2) is 8.78 Å². The molecule has 0 saturated carbocycles. The number of ether oxygens (including phenoxy) is 1. The molecule has 0 rings (SSSR count). The third-order valence-electron chi connectivity index (χ3n) is 1.28. The molecule has 0 bridgehead atoms. The van der Waals surface area contributed by atoms with Gasteiger partial charge >= 0.3 is 0 Å². The van der Waals surface area contributed by atoms with Crippen LogP contribution in [0.4, 0.5) is 8.78 Å². The molecule has 3 heteroatoms. The van der Waals surface area contributed by atoms with Crippen molar-refractivity contribution in [1.29, 1.82) is 0 Å². The van der Waals surface area contributed by atoms with Crippen LogP contribution in [0.2, 0.25) is 0 Å². The van der Waals surface area contributed by atoms with E-state index in [0.29, 0.717) is 0 Å². The number of halogens is 2. The molecule has 0 amide bonds. The van der Waals surface area contributed by atoms with Crippen molar-refractivity contribution < 1.29 is 13.5 Å². The van der Waals surface area contributed by atoms with Crippen LogP contribution in [-0.4, -0.2) is 18.6 Å². The highest BCUT2D eigenvalue weighted by atomic mass is 19.1. The van der Waals surface area contributed by atoms with Gasteiger partial charge in [0.25, 0.3) is 0 Å². The molecule has 0 aromatic heterocycles. The largest absolute Gasteiger partial charge is 0.344 e. The van der Waals surface area contributed by atoms with Crippen molar-refractivity contribution in [2.24, 2.45) is 0 Å². The molecule has 0 saturated heterocycles. The fourth-order valence-corrected chi connectivity index (χ4v) is 0.293. The van der Waals surface area contributed by atoms with E-state index >= 15 is 0 Å². The molecule has 0 spiro atoms. The van der Waals surface area contributed by atoms with Crippen LogP contribution < -0.4 is 0 Å². The van der Waals surface area contributed by atoms with E-state index in [9.17, 15) is 8.78 Å². The molecule has 0 radical (unpaired) electrons. The monoisotopic (exact) mass is 138 g/mol. The highest BCUT2D eigenvalue weighted by Gasteiger charge is 2.25. The maximum absolute atomic E-state index is 12.7. The van der Waals surface area contributed by atoms with Crippen molar-refractivity contribution in [3.63, 3.8) is 0 Å². The Morgan fingerprint density at radius 1 is 1.56 bits per heavy atom. The SMILES string of the molecule is CC(OCF)C(C)(C)F. The zero-order valence-corrected chi connectivity index (χ0v) is 5.95. The zero-order valence-electron chi connectivity index (χ0n) is 5.95. The van der Waals surface area contributed by atoms with E-state index in [4.69, 9.17) is 0 Å². The Morgan fingerprint density at radius 3 is 2.11 bits per heavy atom. The van der Waals surface area contributed by atoms with Crippen molar-refractivity contribution in [3.8, 4) is 0 Å². The Labute approximate surface area is 54.0 Å². The lowest BCUT2D eigenvalue weighted by Crippen LogP contribution is -2.30. The molecule has 0 aliphatic rings. The predicted molar refractivity (Wildman–Crippen MR) is 31.7 cm³/mol. The lowest BCUT2D eigenvalue weighted by molar-refractivity contribution is -0.0660. The quantitative estimate of drug-likeness (QED) is 0.580. The van der Waals surface area contributed by atoms with E-state index in [2.05, 4.69) is 4.74 Å². The molecule has 0 aromatic carbocycles. The molecule has 1 unspecified atom stereocenters. The van der Waals surface area contributed by atoms with Crippen LogP contribution in [0.3, 0.4) is 0 Å². The van der Waals surface area contributed by atoms with Gasteiger partial charge in [-0.05, 0) is 20.8 Å². The summed E-state index contributed by atoms with van der Waals surface area (Å²) < 4.78 is 28.4. The third kappa shape index (κ3) is 3.40. The average Bonchev–Trinajstić information content (AvgIpc) is 1.64. The van der Waals surface area contributed by atoms with E-state index < -0.39 is 18.6 Å². The van der Waals surface area contributed by atoms with Gasteiger partial charge in [-0.1, -0.05) is 0 Å². The van der Waals surface area contributed by atoms with E-state index in [1.165, 1.54) is 20.8 Å². The Balaban J connectivity index is 3.59. The van der Waals surface area contributed by atoms with Gasteiger partial charge in [-0.3, -0.25) is 0 Å². The van der Waals surface area contributed by atoms with E-state index in [0.717, 1.165) is 0 Å². The molecule has 0 fully saturated rings. The summed E-state index contributed by atoms with van der Waals surface area (Å²) >= 11 is 0. The van der Waals surface area contributed by atoms with Crippen LogP contribution in [0.25, 0.3) is 0 Å². The van der Waals surface area contributed by atoms with Crippen LogP contribution in [0.5, 0.6) is 0 Å². The zero-order chi connectivity index (χ0) is 7.49. The lowest BCUT2D eigenvalue weighted by atomic mass is 10.1. The highest BCUT2D eigenvalue weighted by Crippen LogP contribution is 2.16. The maximum atomic E-state index is 12.7. The number of hydrogen-bond donors (Lipinski definition) is 0. The van der Waals surface area contributed by atoms with E-state index in [-0.39, 0.29) is 0 Å². The summed E-state index contributed by atoms with van der Waals surface area (Å²) in [5, 5.41) is 0. The molecular formula is C6H12F2O. The van der Waals surface area contributed by atoms with Gasteiger partial charge in [-0.15, -0.1) is 0 Å². The first-order chi connectivity index (χ1) is 3.98. The van der Waals surface area contributed by atoms with Crippen molar-refractivity contribution >= 4 is 0 Å². The Kier molecular flexibility index (Phi) is 3.04. The third-order valence-corrected chi connectivity index (χ3v) is 1.28. The number of hydrogen-bond acceptors (Lipinski definition) is 1. The van der Waals surface area contributed by atoms with Crippen LogP contribution in [-0.2, 0) is 4.74 Å². The first kappa shape index (κ1) is 8.82. The molecule has 0 aliphatic carbocycles. The van der Waals surface area contributed by atoms with E-state index in [1.807, 2.05) is 0 Å². The van der Waals surface area contributed by atoms with Gasteiger partial charge in [0.05, 0.1) is 6.10 Å². The summed E-state index contributed by atoms with van der Waals surface area (Å²) in [7, 11) is 0. The minimum absolute atomic E-state index is 0.678. The topological polar surface area (TPSA) is 9.23 Å². The van der Waals surface area contributed by atoms with Gasteiger partial charge in [0.15, 0.2) is 6.86 Å². The first-order valence-electron chi connectivity index (χ1n) is 2.85. The summed E-state index contributed by atoms with van der Waals surface area (Å²) in [4.78, 5) is 0. The Hall–Kier alpha value is -0.180. The van der Waals surface area contributed by atoms with Crippen LogP contribution in [0.15, 0.2) is 0 Å². The maximum Gasteiger partial charge on any atom is 0.188 e. The molecule has 56 valence electrons. The molecule has 0 N–H and O–H groups in total. The molecule has 1 atom stereocenters. The van der Waals surface area contributed by atoms with Gasteiger partial charge < -0.3 is 4.74 Å². The normalized spacial score (nSPS) is 15.7. The minimum Gasteiger partial charge on any atom is -0.344 e. The van der Waals surface area contributed by atoms with Crippen molar-refractivity contribution in [1.82, 2.24) is 0 Å². The second kappa shape index (κ2) is 3.11. The molecule has 0 aromatic rings. The fourth-order valence-electron chi connectivity index (χ4n) is 0.293. The number of rotatable bonds is 3. The summed E-state index contributed by atoms with van der Waals surface area (Å²) in [5.41, 5.74) is -1.45. The van der Waals surface area contributed by atoms with Crippen LogP contribution in [0, 0.1) is 0 Å². The Bertz CT molecular complexity index is 77.6. The van der Waals surface area contributed by atoms with Gasteiger partial charge in [0.2, 0.25) is 0 Å². The summed E-state index contributed by atoms with van der Waals surface area (Å²) in [6.45, 7) is 3.29. The minimum atomic E-state index is -1.45. The number of alkyl halides is 2. The van der Waals surface area contributed by atoms with Crippen molar-refractivity contribution in [2.75, 3.05) is 6.86 Å². The van der Waals surface area contributed by atoms with Gasteiger partial charge in [0.1, 0.15) is 5.67 Å². The van der Waals surface area contributed by atoms with Crippen LogP contribution in [0.1, 0.15) is 20.8 Å². The van der Waals surface area contributed by atoms with Crippen molar-refractivity contribution in [2.45, 2.75) is 32.5 Å². The average molecular weight is 138 g/mol. The molecule has 0 aliphatic heterocycles. The molecular weight excluding hydrogens is 126 g/mol.